The molecule has 0 fully saturated rings. The van der Waals surface area contributed by atoms with Crippen molar-refractivity contribution in [2.75, 3.05) is 11.9 Å². The topological polar surface area (TPSA) is 28.2 Å². The second-order valence-corrected chi connectivity index (χ2v) is 6.77. The first-order valence-corrected chi connectivity index (χ1v) is 8.32. The number of pyridine rings is 1. The molecule has 1 atom stereocenters. The summed E-state index contributed by atoms with van der Waals surface area (Å²) in [5.74, 6) is 0. The second-order valence-electron chi connectivity index (χ2n) is 5.79. The fourth-order valence-corrected chi connectivity index (χ4v) is 3.11. The maximum atomic E-state index is 4.46. The van der Waals surface area contributed by atoms with E-state index in [9.17, 15) is 0 Å². The maximum Gasteiger partial charge on any atom is 0.0603 e. The van der Waals surface area contributed by atoms with Crippen LogP contribution in [-0.2, 0) is 6.54 Å². The SMILES string of the molecule is Cc1cc(N(C)C(C)c2cccs2)c(CNC(C)C)cn1. The maximum absolute atomic E-state index is 4.46. The summed E-state index contributed by atoms with van der Waals surface area (Å²) in [5.41, 5.74) is 3.57. The summed E-state index contributed by atoms with van der Waals surface area (Å²) >= 11 is 1.81. The van der Waals surface area contributed by atoms with Crippen LogP contribution in [0.4, 0.5) is 5.69 Å². The highest BCUT2D eigenvalue weighted by molar-refractivity contribution is 7.10. The zero-order valence-corrected chi connectivity index (χ0v) is 14.4. The van der Waals surface area contributed by atoms with Gasteiger partial charge in [-0.1, -0.05) is 19.9 Å². The predicted molar refractivity (Wildman–Crippen MR) is 92.1 cm³/mol. The number of hydrogen-bond donors (Lipinski definition) is 1. The molecule has 0 radical (unpaired) electrons. The van der Waals surface area contributed by atoms with Crippen molar-refractivity contribution < 1.29 is 0 Å². The van der Waals surface area contributed by atoms with Crippen LogP contribution in [0.15, 0.2) is 29.8 Å². The molecule has 21 heavy (non-hydrogen) atoms. The van der Waals surface area contributed by atoms with Crippen molar-refractivity contribution in [3.63, 3.8) is 0 Å². The molecule has 3 nitrogen and oxygen atoms in total. The lowest BCUT2D eigenvalue weighted by molar-refractivity contribution is 0.586. The minimum atomic E-state index is 0.365. The highest BCUT2D eigenvalue weighted by Gasteiger charge is 2.16. The molecule has 0 aliphatic rings. The Balaban J connectivity index is 2.26. The number of aryl methyl sites for hydroxylation is 1. The number of nitrogens with zero attached hydrogens (tertiary/aromatic N) is 2. The van der Waals surface area contributed by atoms with Gasteiger partial charge in [0.05, 0.1) is 6.04 Å². The zero-order valence-electron chi connectivity index (χ0n) is 13.6. The van der Waals surface area contributed by atoms with Gasteiger partial charge in [0.1, 0.15) is 0 Å². The molecule has 2 rings (SSSR count). The Labute approximate surface area is 132 Å². The summed E-state index contributed by atoms with van der Waals surface area (Å²) in [6.45, 7) is 9.48. The monoisotopic (exact) mass is 303 g/mol. The Bertz CT molecular complexity index is 563. The van der Waals surface area contributed by atoms with Gasteiger partial charge in [-0.15, -0.1) is 11.3 Å². The van der Waals surface area contributed by atoms with E-state index in [0.717, 1.165) is 12.2 Å². The molecule has 2 aromatic rings. The van der Waals surface area contributed by atoms with E-state index in [1.165, 1.54) is 16.1 Å². The van der Waals surface area contributed by atoms with E-state index >= 15 is 0 Å². The molecule has 1 unspecified atom stereocenters. The van der Waals surface area contributed by atoms with Gasteiger partial charge in [-0.05, 0) is 31.4 Å². The van der Waals surface area contributed by atoms with Crippen molar-refractivity contribution in [3.05, 3.63) is 45.9 Å². The summed E-state index contributed by atoms with van der Waals surface area (Å²) < 4.78 is 0. The van der Waals surface area contributed by atoms with Crippen molar-refractivity contribution in [1.29, 1.82) is 0 Å². The Morgan fingerprint density at radius 3 is 2.71 bits per heavy atom. The van der Waals surface area contributed by atoms with Gasteiger partial charge in [0.2, 0.25) is 0 Å². The fraction of sp³-hybridized carbons (Fsp3) is 0.471. The molecule has 0 saturated carbocycles. The number of nitrogens with one attached hydrogen (secondary N) is 1. The largest absolute Gasteiger partial charge is 0.367 e. The van der Waals surface area contributed by atoms with Crippen molar-refractivity contribution in [1.82, 2.24) is 10.3 Å². The van der Waals surface area contributed by atoms with Crippen molar-refractivity contribution in [2.24, 2.45) is 0 Å². The molecule has 0 spiro atoms. The number of anilines is 1. The molecule has 4 heteroatoms. The van der Waals surface area contributed by atoms with E-state index in [2.05, 4.69) is 66.6 Å². The van der Waals surface area contributed by atoms with E-state index in [0.29, 0.717) is 12.1 Å². The minimum Gasteiger partial charge on any atom is -0.367 e. The van der Waals surface area contributed by atoms with E-state index < -0.39 is 0 Å². The molecular formula is C17H25N3S. The van der Waals surface area contributed by atoms with Crippen molar-refractivity contribution in [3.8, 4) is 0 Å². The third-order valence-corrected chi connectivity index (χ3v) is 4.76. The molecule has 0 aliphatic carbocycles. The van der Waals surface area contributed by atoms with Gasteiger partial charge in [-0.3, -0.25) is 4.98 Å². The highest BCUT2D eigenvalue weighted by Crippen LogP contribution is 2.30. The van der Waals surface area contributed by atoms with Crippen LogP contribution in [0, 0.1) is 6.92 Å². The average molecular weight is 303 g/mol. The first-order chi connectivity index (χ1) is 9.99. The molecule has 0 aromatic carbocycles. The standard InChI is InChI=1S/C17H25N3S/c1-12(2)18-10-15-11-19-13(3)9-16(15)20(5)14(4)17-7-6-8-21-17/h6-9,11-12,14,18H,10H2,1-5H3. The first-order valence-electron chi connectivity index (χ1n) is 7.44. The normalized spacial score (nSPS) is 12.7. The zero-order chi connectivity index (χ0) is 15.4. The molecule has 114 valence electrons. The van der Waals surface area contributed by atoms with Crippen LogP contribution in [0.5, 0.6) is 0 Å². The smallest absolute Gasteiger partial charge is 0.0603 e. The average Bonchev–Trinajstić information content (AvgIpc) is 2.98. The van der Waals surface area contributed by atoms with E-state index in [1.807, 2.05) is 24.5 Å². The second kappa shape index (κ2) is 7.05. The van der Waals surface area contributed by atoms with Crippen LogP contribution in [-0.4, -0.2) is 18.1 Å². The fourth-order valence-electron chi connectivity index (χ4n) is 2.28. The third kappa shape index (κ3) is 4.05. The molecular weight excluding hydrogens is 278 g/mol. The third-order valence-electron chi connectivity index (χ3n) is 3.72. The lowest BCUT2D eigenvalue weighted by atomic mass is 10.1. The summed E-state index contributed by atoms with van der Waals surface area (Å²) in [4.78, 5) is 8.19. The van der Waals surface area contributed by atoms with E-state index in [4.69, 9.17) is 0 Å². The first kappa shape index (κ1) is 16.0. The summed E-state index contributed by atoms with van der Waals surface area (Å²) in [6, 6.07) is 7.33. The van der Waals surface area contributed by atoms with Crippen LogP contribution < -0.4 is 10.2 Å². The molecule has 1 N–H and O–H groups in total. The Kier molecular flexibility index (Phi) is 5.37. The number of aromatic nitrogens is 1. The molecule has 0 bridgehead atoms. The molecule has 0 aliphatic heterocycles. The van der Waals surface area contributed by atoms with Gasteiger partial charge >= 0.3 is 0 Å². The van der Waals surface area contributed by atoms with Crippen molar-refractivity contribution >= 4 is 17.0 Å². The summed E-state index contributed by atoms with van der Waals surface area (Å²) in [5, 5.41) is 5.62. The number of thiophene rings is 1. The molecule has 0 saturated heterocycles. The van der Waals surface area contributed by atoms with Gasteiger partial charge < -0.3 is 10.2 Å². The van der Waals surface area contributed by atoms with Gasteiger partial charge in [0, 0.05) is 47.7 Å². The molecule has 2 heterocycles. The Morgan fingerprint density at radius 2 is 2.10 bits per heavy atom. The van der Waals surface area contributed by atoms with Gasteiger partial charge in [-0.2, -0.15) is 0 Å². The molecule has 2 aromatic heterocycles. The van der Waals surface area contributed by atoms with Crippen LogP contribution in [0.25, 0.3) is 0 Å². The lowest BCUT2D eigenvalue weighted by Gasteiger charge is -2.29. The van der Waals surface area contributed by atoms with Gasteiger partial charge in [0.15, 0.2) is 0 Å². The summed E-state index contributed by atoms with van der Waals surface area (Å²) in [6.07, 6.45) is 2.00. The number of hydrogen-bond acceptors (Lipinski definition) is 4. The van der Waals surface area contributed by atoms with Crippen LogP contribution in [0.1, 0.15) is 42.9 Å². The number of rotatable bonds is 6. The lowest BCUT2D eigenvalue weighted by Crippen LogP contribution is -2.26. The quantitative estimate of drug-likeness (QED) is 0.869. The van der Waals surface area contributed by atoms with Crippen LogP contribution in [0.3, 0.4) is 0 Å². The van der Waals surface area contributed by atoms with Crippen molar-refractivity contribution in [2.45, 2.75) is 46.3 Å². The van der Waals surface area contributed by atoms with Gasteiger partial charge in [-0.25, -0.2) is 0 Å². The Hall–Kier alpha value is -1.39. The van der Waals surface area contributed by atoms with Crippen LogP contribution >= 0.6 is 11.3 Å². The predicted octanol–water partition coefficient (Wildman–Crippen LogP) is 4.15. The highest BCUT2D eigenvalue weighted by atomic mass is 32.1. The van der Waals surface area contributed by atoms with E-state index in [1.54, 1.807) is 0 Å². The molecule has 0 amide bonds. The van der Waals surface area contributed by atoms with Crippen LogP contribution in [0.2, 0.25) is 0 Å². The van der Waals surface area contributed by atoms with Gasteiger partial charge in [0.25, 0.3) is 0 Å². The summed E-state index contributed by atoms with van der Waals surface area (Å²) in [7, 11) is 2.16. The Morgan fingerprint density at radius 1 is 1.33 bits per heavy atom. The van der Waals surface area contributed by atoms with E-state index in [-0.39, 0.29) is 0 Å². The minimum absolute atomic E-state index is 0.365.